The number of benzene rings is 4. The van der Waals surface area contributed by atoms with E-state index in [1.165, 1.54) is 49.1 Å². The number of anilines is 2. The summed E-state index contributed by atoms with van der Waals surface area (Å²) in [6.45, 7) is 6.03. The first-order valence-corrected chi connectivity index (χ1v) is 16.1. The van der Waals surface area contributed by atoms with Crippen LogP contribution in [0.1, 0.15) is 18.1 Å². The number of para-hydroxylation sites is 3. The van der Waals surface area contributed by atoms with Gasteiger partial charge in [-0.25, -0.2) is 0 Å². The van der Waals surface area contributed by atoms with Crippen molar-refractivity contribution >= 4 is 40.2 Å². The van der Waals surface area contributed by atoms with E-state index >= 15 is 0 Å². The smallest absolute Gasteiger partial charge is 0.283 e. The van der Waals surface area contributed by atoms with Gasteiger partial charge in [0, 0.05) is 61.7 Å². The van der Waals surface area contributed by atoms with E-state index in [1.54, 1.807) is 7.11 Å². The minimum Gasteiger partial charge on any atom is -0.497 e. The van der Waals surface area contributed by atoms with Crippen LogP contribution in [0.5, 0.6) is 5.75 Å². The predicted molar refractivity (Wildman–Crippen MR) is 186 cm³/mol. The molecule has 1 radical (unpaired) electrons. The van der Waals surface area contributed by atoms with Gasteiger partial charge in [0.05, 0.1) is 38.5 Å². The fraction of sp³-hybridized carbons (Fsp3) is 0.237. The van der Waals surface area contributed by atoms with Crippen molar-refractivity contribution < 1.29 is 46.5 Å². The number of rotatable bonds is 10. The fourth-order valence-corrected chi connectivity index (χ4v) is 7.17. The number of quaternary nitrogens is 1. The number of likely N-dealkylation sites (N-methyl/N-ethyl adjacent to an activating group) is 2. The molecule has 45 heavy (non-hydrogen) atoms. The Hall–Kier alpha value is -3.16. The van der Waals surface area contributed by atoms with E-state index in [4.69, 9.17) is 4.74 Å². The number of nitrogens with zero attached hydrogens (tertiary/aromatic N) is 4. The van der Waals surface area contributed by atoms with Crippen molar-refractivity contribution in [3.63, 3.8) is 0 Å². The number of hydrogen-bond donors (Lipinski definition) is 0. The molecule has 1 aliphatic heterocycles. The van der Waals surface area contributed by atoms with Crippen molar-refractivity contribution in [2.45, 2.75) is 18.4 Å². The maximum absolute atomic E-state index is 5.49. The second-order valence-corrected chi connectivity index (χ2v) is 13.1. The van der Waals surface area contributed by atoms with E-state index in [1.807, 2.05) is 17.8 Å². The maximum Gasteiger partial charge on any atom is 0.283 e. The molecule has 0 saturated carbocycles. The number of methoxy groups -OCH3 is 1. The topological polar surface area (TPSA) is 19.6 Å². The van der Waals surface area contributed by atoms with Crippen molar-refractivity contribution in [3.05, 3.63) is 125 Å². The van der Waals surface area contributed by atoms with Crippen molar-refractivity contribution in [1.82, 2.24) is 0 Å². The Morgan fingerprint density at radius 1 is 0.889 bits per heavy atom. The van der Waals surface area contributed by atoms with Gasteiger partial charge in [0.25, 0.3) is 5.82 Å². The molecule has 4 aromatic carbocycles. The second-order valence-electron chi connectivity index (χ2n) is 12.0. The Labute approximate surface area is 297 Å². The van der Waals surface area contributed by atoms with Gasteiger partial charge in [-0.05, 0) is 61.0 Å². The van der Waals surface area contributed by atoms with Crippen LogP contribution in [-0.4, -0.2) is 52.4 Å². The monoisotopic (exact) mass is 691 g/mol. The molecular formula is C38H42N4OSY+2. The minimum atomic E-state index is 0. The van der Waals surface area contributed by atoms with Gasteiger partial charge in [0.2, 0.25) is 0 Å². The summed E-state index contributed by atoms with van der Waals surface area (Å²) in [5, 5.41) is 2.47. The normalized spacial score (nSPS) is 13.5. The van der Waals surface area contributed by atoms with Crippen LogP contribution in [0.2, 0.25) is 0 Å². The number of aromatic nitrogens is 1. The molecule has 0 unspecified atom stereocenters. The third-order valence-corrected chi connectivity index (χ3v) is 9.63. The van der Waals surface area contributed by atoms with E-state index < -0.39 is 0 Å². The summed E-state index contributed by atoms with van der Waals surface area (Å²) in [4.78, 5) is 6.14. The SMILES string of the molecule is CCN(CC[N+](C)(C)Cc1cccc(OC)c1)c1cc(C=C2Sc3ccccc3N2C)c2ccccc2[n+]1-c1ccccc1.[Y]. The second kappa shape index (κ2) is 14.5. The molecule has 0 N–H and O–H groups in total. The Kier molecular flexibility index (Phi) is 10.7. The van der Waals surface area contributed by atoms with Gasteiger partial charge in [0.1, 0.15) is 36.6 Å². The van der Waals surface area contributed by atoms with Crippen molar-refractivity contribution in [2.24, 2.45) is 0 Å². The first kappa shape index (κ1) is 33.2. The van der Waals surface area contributed by atoms with Crippen LogP contribution in [0.3, 0.4) is 0 Å². The largest absolute Gasteiger partial charge is 0.497 e. The summed E-state index contributed by atoms with van der Waals surface area (Å²) in [6, 6.07) is 39.1. The molecule has 0 aliphatic carbocycles. The average Bonchev–Trinajstić information content (AvgIpc) is 3.36. The number of thioether (sulfide) groups is 1. The van der Waals surface area contributed by atoms with Crippen LogP contribution in [0.25, 0.3) is 22.7 Å². The summed E-state index contributed by atoms with van der Waals surface area (Å²) in [7, 11) is 8.54. The Bertz CT molecular complexity index is 1810. The molecular weight excluding hydrogens is 649 g/mol. The third kappa shape index (κ3) is 7.31. The van der Waals surface area contributed by atoms with Crippen LogP contribution in [-0.2, 0) is 39.3 Å². The zero-order valence-corrected chi connectivity index (χ0v) is 30.6. The molecule has 6 rings (SSSR count). The molecule has 2 heterocycles. The molecule has 1 aromatic heterocycles. The van der Waals surface area contributed by atoms with Crippen LogP contribution in [0.4, 0.5) is 11.5 Å². The van der Waals surface area contributed by atoms with E-state index in [2.05, 4.69) is 152 Å². The summed E-state index contributed by atoms with van der Waals surface area (Å²) >= 11 is 1.84. The number of ether oxygens (including phenoxy) is 1. The summed E-state index contributed by atoms with van der Waals surface area (Å²) in [5.41, 5.74) is 6.15. The molecule has 7 heteroatoms. The fourth-order valence-electron chi connectivity index (χ4n) is 6.07. The van der Waals surface area contributed by atoms with E-state index in [9.17, 15) is 0 Å². The van der Waals surface area contributed by atoms with E-state index in [-0.39, 0.29) is 32.7 Å². The van der Waals surface area contributed by atoms with Gasteiger partial charge in [0.15, 0.2) is 0 Å². The Morgan fingerprint density at radius 2 is 1.62 bits per heavy atom. The van der Waals surface area contributed by atoms with Gasteiger partial charge < -0.3 is 14.1 Å². The quantitative estimate of drug-likeness (QED) is 0.110. The first-order valence-electron chi connectivity index (χ1n) is 15.3. The molecule has 0 fully saturated rings. The molecule has 0 amide bonds. The van der Waals surface area contributed by atoms with Gasteiger partial charge in [-0.1, -0.05) is 72.4 Å². The average molecular weight is 692 g/mol. The van der Waals surface area contributed by atoms with E-state index in [0.29, 0.717) is 0 Å². The van der Waals surface area contributed by atoms with Crippen molar-refractivity contribution in [3.8, 4) is 11.4 Å². The molecule has 0 atom stereocenters. The Morgan fingerprint density at radius 3 is 2.38 bits per heavy atom. The molecule has 227 valence electrons. The van der Waals surface area contributed by atoms with Gasteiger partial charge in [-0.15, -0.1) is 0 Å². The minimum absolute atomic E-state index is 0. The first-order chi connectivity index (χ1) is 21.4. The standard InChI is InChI=1S/C38H42N4OS.Y/c1-6-40(23-24-42(3,4)28-29-15-14-18-32(25-29)43-5)37-26-30(27-38-39(2)35-21-12-13-22-36(35)44-38)33-19-10-11-20-34(33)41(37)31-16-8-7-9-17-31;/h7-22,25-27H,6,23-24,28H2,1-5H3;/q+2;. The van der Waals surface area contributed by atoms with Crippen LogP contribution in [0.15, 0.2) is 119 Å². The van der Waals surface area contributed by atoms with Crippen LogP contribution >= 0.6 is 11.8 Å². The zero-order valence-electron chi connectivity index (χ0n) is 27.0. The molecule has 5 aromatic rings. The summed E-state index contributed by atoms with van der Waals surface area (Å²) in [5.74, 6) is 2.11. The van der Waals surface area contributed by atoms with Gasteiger partial charge >= 0.3 is 0 Å². The van der Waals surface area contributed by atoms with Crippen molar-refractivity contribution in [2.75, 3.05) is 57.7 Å². The third-order valence-electron chi connectivity index (χ3n) is 8.46. The van der Waals surface area contributed by atoms with Crippen molar-refractivity contribution in [1.29, 1.82) is 0 Å². The molecule has 5 nitrogen and oxygen atoms in total. The predicted octanol–water partition coefficient (Wildman–Crippen LogP) is 7.77. The van der Waals surface area contributed by atoms with Gasteiger partial charge in [-0.2, -0.15) is 4.57 Å². The number of fused-ring (bicyclic) bond motifs is 2. The molecule has 0 saturated heterocycles. The van der Waals surface area contributed by atoms with E-state index in [0.717, 1.165) is 36.4 Å². The zero-order chi connectivity index (χ0) is 30.7. The summed E-state index contributed by atoms with van der Waals surface area (Å²) < 4.78 is 8.80. The molecule has 1 aliphatic rings. The molecule has 0 bridgehead atoms. The number of hydrogen-bond acceptors (Lipinski definition) is 4. The van der Waals surface area contributed by atoms with Crippen LogP contribution < -0.4 is 19.1 Å². The van der Waals surface area contributed by atoms with Gasteiger partial charge in [-0.3, -0.25) is 4.90 Å². The Balaban J connectivity index is 0.00000400. The summed E-state index contributed by atoms with van der Waals surface area (Å²) in [6.07, 6.45) is 2.36. The van der Waals surface area contributed by atoms with Crippen LogP contribution in [0, 0.1) is 0 Å². The number of pyridine rings is 1. The molecule has 0 spiro atoms. The maximum atomic E-state index is 5.49.